The SMILES string of the molecule is CCNCCNC(=O)Cc1csc(-c2cccc(C(F)(F)F)c2)n1. The molecule has 2 N–H and O–H groups in total. The highest BCUT2D eigenvalue weighted by molar-refractivity contribution is 7.13. The number of thiazole rings is 1. The number of carbonyl (C=O) groups is 1. The van der Waals surface area contributed by atoms with Crippen molar-refractivity contribution in [1.82, 2.24) is 15.6 Å². The van der Waals surface area contributed by atoms with E-state index >= 15 is 0 Å². The first-order chi connectivity index (χ1) is 11.4. The molecule has 0 aliphatic carbocycles. The van der Waals surface area contributed by atoms with Crippen LogP contribution < -0.4 is 10.6 Å². The van der Waals surface area contributed by atoms with Crippen LogP contribution in [-0.4, -0.2) is 30.5 Å². The monoisotopic (exact) mass is 357 g/mol. The smallest absolute Gasteiger partial charge is 0.354 e. The summed E-state index contributed by atoms with van der Waals surface area (Å²) in [7, 11) is 0. The molecule has 1 heterocycles. The number of aromatic nitrogens is 1. The van der Waals surface area contributed by atoms with Gasteiger partial charge < -0.3 is 10.6 Å². The number of carbonyl (C=O) groups excluding carboxylic acids is 1. The van der Waals surface area contributed by atoms with E-state index in [-0.39, 0.29) is 12.3 Å². The molecule has 0 unspecified atom stereocenters. The summed E-state index contributed by atoms with van der Waals surface area (Å²) in [5, 5.41) is 8.01. The van der Waals surface area contributed by atoms with E-state index in [2.05, 4.69) is 15.6 Å². The molecule has 4 nitrogen and oxygen atoms in total. The minimum atomic E-state index is -4.39. The maximum atomic E-state index is 12.8. The second kappa shape index (κ2) is 8.25. The van der Waals surface area contributed by atoms with E-state index in [4.69, 9.17) is 0 Å². The average Bonchev–Trinajstić information content (AvgIpc) is 2.99. The highest BCUT2D eigenvalue weighted by Gasteiger charge is 2.30. The van der Waals surface area contributed by atoms with Crippen LogP contribution in [-0.2, 0) is 17.4 Å². The quantitative estimate of drug-likeness (QED) is 0.749. The second-order valence-corrected chi connectivity index (χ2v) is 5.96. The Balaban J connectivity index is 1.99. The van der Waals surface area contributed by atoms with Gasteiger partial charge in [0, 0.05) is 24.0 Å². The fourth-order valence-electron chi connectivity index (χ4n) is 2.04. The van der Waals surface area contributed by atoms with Crippen LogP contribution in [0.3, 0.4) is 0 Å². The first kappa shape index (κ1) is 18.4. The lowest BCUT2D eigenvalue weighted by Crippen LogP contribution is -2.32. The second-order valence-electron chi connectivity index (χ2n) is 5.10. The van der Waals surface area contributed by atoms with Crippen LogP contribution >= 0.6 is 11.3 Å². The molecule has 0 spiro atoms. The van der Waals surface area contributed by atoms with Gasteiger partial charge >= 0.3 is 6.18 Å². The zero-order chi connectivity index (χ0) is 17.6. The zero-order valence-electron chi connectivity index (χ0n) is 13.1. The van der Waals surface area contributed by atoms with Crippen molar-refractivity contribution in [3.05, 3.63) is 40.9 Å². The molecule has 24 heavy (non-hydrogen) atoms. The lowest BCUT2D eigenvalue weighted by Gasteiger charge is -2.07. The van der Waals surface area contributed by atoms with Crippen LogP contribution in [0.4, 0.5) is 13.2 Å². The third-order valence-corrected chi connectivity index (χ3v) is 4.14. The van der Waals surface area contributed by atoms with Crippen molar-refractivity contribution in [2.75, 3.05) is 19.6 Å². The highest BCUT2D eigenvalue weighted by atomic mass is 32.1. The van der Waals surface area contributed by atoms with Crippen LogP contribution in [0.2, 0.25) is 0 Å². The molecule has 0 saturated carbocycles. The van der Waals surface area contributed by atoms with Crippen LogP contribution in [0.1, 0.15) is 18.2 Å². The molecule has 8 heteroatoms. The Kier molecular flexibility index (Phi) is 6.33. The van der Waals surface area contributed by atoms with Gasteiger partial charge in [0.05, 0.1) is 17.7 Å². The lowest BCUT2D eigenvalue weighted by molar-refractivity contribution is -0.137. The number of benzene rings is 1. The Hall–Kier alpha value is -1.93. The van der Waals surface area contributed by atoms with Crippen LogP contribution in [0.5, 0.6) is 0 Å². The number of hydrogen-bond acceptors (Lipinski definition) is 4. The van der Waals surface area contributed by atoms with Gasteiger partial charge in [-0.2, -0.15) is 13.2 Å². The summed E-state index contributed by atoms with van der Waals surface area (Å²) in [6.45, 7) is 4.03. The van der Waals surface area contributed by atoms with Gasteiger partial charge in [0.15, 0.2) is 0 Å². The molecule has 130 valence electrons. The molecular weight excluding hydrogens is 339 g/mol. The summed E-state index contributed by atoms with van der Waals surface area (Å²) < 4.78 is 38.3. The molecule has 0 aliphatic rings. The first-order valence-electron chi connectivity index (χ1n) is 7.49. The molecule has 2 aromatic rings. The maximum absolute atomic E-state index is 12.8. The van der Waals surface area contributed by atoms with Gasteiger partial charge in [-0.05, 0) is 18.7 Å². The third-order valence-electron chi connectivity index (χ3n) is 3.20. The van der Waals surface area contributed by atoms with Crippen molar-refractivity contribution < 1.29 is 18.0 Å². The predicted octanol–water partition coefficient (Wildman–Crippen LogP) is 3.10. The van der Waals surface area contributed by atoms with E-state index < -0.39 is 11.7 Å². The minimum Gasteiger partial charge on any atom is -0.354 e. The molecule has 0 fully saturated rings. The fourth-order valence-corrected chi connectivity index (χ4v) is 2.86. The van der Waals surface area contributed by atoms with Gasteiger partial charge in [-0.15, -0.1) is 11.3 Å². The van der Waals surface area contributed by atoms with Gasteiger partial charge in [-0.3, -0.25) is 4.79 Å². The number of nitrogens with one attached hydrogen (secondary N) is 2. The Bertz CT molecular complexity index is 685. The Morgan fingerprint density at radius 1 is 1.29 bits per heavy atom. The van der Waals surface area contributed by atoms with Crippen molar-refractivity contribution in [2.24, 2.45) is 0 Å². The first-order valence-corrected chi connectivity index (χ1v) is 8.37. The Labute approximate surface area is 142 Å². The van der Waals surface area contributed by atoms with Gasteiger partial charge in [-0.25, -0.2) is 4.98 Å². The van der Waals surface area contributed by atoms with Crippen molar-refractivity contribution in [2.45, 2.75) is 19.5 Å². The summed E-state index contributed by atoms with van der Waals surface area (Å²) in [5.74, 6) is -0.159. The van der Waals surface area contributed by atoms with Crippen LogP contribution in [0.25, 0.3) is 10.6 Å². The van der Waals surface area contributed by atoms with Gasteiger partial charge in [-0.1, -0.05) is 19.1 Å². The molecule has 2 rings (SSSR count). The number of rotatable bonds is 7. The summed E-state index contributed by atoms with van der Waals surface area (Å²) in [5.41, 5.74) is 0.236. The molecule has 0 aliphatic heterocycles. The van der Waals surface area contributed by atoms with E-state index in [1.54, 1.807) is 11.4 Å². The molecule has 0 radical (unpaired) electrons. The van der Waals surface area contributed by atoms with E-state index in [1.807, 2.05) is 6.92 Å². The molecule has 1 aromatic carbocycles. The van der Waals surface area contributed by atoms with E-state index in [9.17, 15) is 18.0 Å². The number of alkyl halides is 3. The van der Waals surface area contributed by atoms with E-state index in [1.165, 1.54) is 17.4 Å². The Morgan fingerprint density at radius 3 is 2.79 bits per heavy atom. The summed E-state index contributed by atoms with van der Waals surface area (Å²) >= 11 is 1.23. The highest BCUT2D eigenvalue weighted by Crippen LogP contribution is 2.33. The molecule has 1 aromatic heterocycles. The van der Waals surface area contributed by atoms with Gasteiger partial charge in [0.2, 0.25) is 5.91 Å². The normalized spacial score (nSPS) is 11.5. The van der Waals surface area contributed by atoms with E-state index in [0.717, 1.165) is 18.7 Å². The number of halogens is 3. The number of likely N-dealkylation sites (N-methyl/N-ethyl adjacent to an activating group) is 1. The number of amides is 1. The standard InChI is InChI=1S/C16H18F3N3OS/c1-2-20-6-7-21-14(23)9-13-10-24-15(22-13)11-4-3-5-12(8-11)16(17,18)19/h3-5,8,10,20H,2,6-7,9H2,1H3,(H,21,23). The molecule has 1 amide bonds. The summed E-state index contributed by atoms with van der Waals surface area (Å²) in [4.78, 5) is 16.0. The largest absolute Gasteiger partial charge is 0.416 e. The average molecular weight is 357 g/mol. The zero-order valence-corrected chi connectivity index (χ0v) is 13.9. The summed E-state index contributed by atoms with van der Waals surface area (Å²) in [6, 6.07) is 5.02. The topological polar surface area (TPSA) is 54.0 Å². The fraction of sp³-hybridized carbons (Fsp3) is 0.375. The van der Waals surface area contributed by atoms with Crippen molar-refractivity contribution >= 4 is 17.2 Å². The maximum Gasteiger partial charge on any atom is 0.416 e. The van der Waals surface area contributed by atoms with Gasteiger partial charge in [0.25, 0.3) is 0 Å². The predicted molar refractivity (Wildman–Crippen MR) is 87.8 cm³/mol. The molecular formula is C16H18F3N3OS. The third kappa shape index (κ3) is 5.31. The molecule has 0 atom stereocenters. The van der Waals surface area contributed by atoms with Crippen LogP contribution in [0.15, 0.2) is 29.6 Å². The lowest BCUT2D eigenvalue weighted by atomic mass is 10.1. The van der Waals surface area contributed by atoms with Crippen LogP contribution in [0, 0.1) is 0 Å². The number of hydrogen-bond donors (Lipinski definition) is 2. The van der Waals surface area contributed by atoms with Crippen molar-refractivity contribution in [3.8, 4) is 10.6 Å². The van der Waals surface area contributed by atoms with Crippen molar-refractivity contribution in [3.63, 3.8) is 0 Å². The summed E-state index contributed by atoms with van der Waals surface area (Å²) in [6.07, 6.45) is -4.27. The minimum absolute atomic E-state index is 0.113. The molecule has 0 bridgehead atoms. The Morgan fingerprint density at radius 2 is 2.08 bits per heavy atom. The van der Waals surface area contributed by atoms with Gasteiger partial charge in [0.1, 0.15) is 5.01 Å². The van der Waals surface area contributed by atoms with E-state index in [0.29, 0.717) is 29.4 Å². The molecule has 0 saturated heterocycles. The number of nitrogens with zero attached hydrogens (tertiary/aromatic N) is 1. The van der Waals surface area contributed by atoms with Crippen molar-refractivity contribution in [1.29, 1.82) is 0 Å².